The van der Waals surface area contributed by atoms with Crippen molar-refractivity contribution in [2.75, 3.05) is 25.6 Å². The van der Waals surface area contributed by atoms with Crippen LogP contribution in [0.5, 0.6) is 11.5 Å². The fourth-order valence-corrected chi connectivity index (χ4v) is 2.41. The maximum absolute atomic E-state index is 13.6. The second kappa shape index (κ2) is 9.19. The Bertz CT molecular complexity index is 814. The summed E-state index contributed by atoms with van der Waals surface area (Å²) in [4.78, 5) is 23.7. The smallest absolute Gasteiger partial charge is 0.258 e. The van der Waals surface area contributed by atoms with E-state index in [4.69, 9.17) is 9.47 Å². The Kier molecular flexibility index (Phi) is 6.97. The number of hydrogen-bond acceptors (Lipinski definition) is 4. The Balaban J connectivity index is 1.81. The standard InChI is InChI=1S/C18H18BrFN2O4/c1-11-3-5-16(25-2)14(7-11)22-17(23)9-21-18(24)10-26-15-6-4-12(19)8-13(15)20/h3-8H,9-10H2,1-2H3,(H,21,24)(H,22,23). The Morgan fingerprint density at radius 2 is 1.85 bits per heavy atom. The van der Waals surface area contributed by atoms with Crippen molar-refractivity contribution in [2.24, 2.45) is 0 Å². The summed E-state index contributed by atoms with van der Waals surface area (Å²) in [6.07, 6.45) is 0. The first-order valence-corrected chi connectivity index (χ1v) is 8.47. The fraction of sp³-hybridized carbons (Fsp3) is 0.222. The number of benzene rings is 2. The number of carbonyl (C=O) groups is 2. The van der Waals surface area contributed by atoms with Gasteiger partial charge in [0.1, 0.15) is 5.75 Å². The molecule has 26 heavy (non-hydrogen) atoms. The van der Waals surface area contributed by atoms with E-state index in [-0.39, 0.29) is 12.3 Å². The van der Waals surface area contributed by atoms with Gasteiger partial charge < -0.3 is 20.1 Å². The van der Waals surface area contributed by atoms with E-state index in [9.17, 15) is 14.0 Å². The van der Waals surface area contributed by atoms with Crippen LogP contribution in [0.4, 0.5) is 10.1 Å². The number of aryl methyl sites for hydroxylation is 1. The molecule has 0 aliphatic carbocycles. The van der Waals surface area contributed by atoms with Gasteiger partial charge in [0, 0.05) is 4.47 Å². The summed E-state index contributed by atoms with van der Waals surface area (Å²) < 4.78 is 24.4. The third kappa shape index (κ3) is 5.73. The predicted octanol–water partition coefficient (Wildman–Crippen LogP) is 3.04. The lowest BCUT2D eigenvalue weighted by atomic mass is 10.2. The normalized spacial score (nSPS) is 10.2. The van der Waals surface area contributed by atoms with Crippen molar-refractivity contribution in [3.05, 3.63) is 52.3 Å². The van der Waals surface area contributed by atoms with Crippen LogP contribution in [0.1, 0.15) is 5.56 Å². The van der Waals surface area contributed by atoms with Gasteiger partial charge in [0.15, 0.2) is 18.2 Å². The third-order valence-electron chi connectivity index (χ3n) is 3.33. The summed E-state index contributed by atoms with van der Waals surface area (Å²) in [5.41, 5.74) is 1.47. The van der Waals surface area contributed by atoms with E-state index in [0.29, 0.717) is 15.9 Å². The molecule has 0 fully saturated rings. The van der Waals surface area contributed by atoms with Gasteiger partial charge in [-0.15, -0.1) is 0 Å². The van der Waals surface area contributed by atoms with Crippen molar-refractivity contribution in [1.82, 2.24) is 5.32 Å². The molecule has 0 unspecified atom stereocenters. The SMILES string of the molecule is COc1ccc(C)cc1NC(=O)CNC(=O)COc1ccc(Br)cc1F. The molecular formula is C18H18BrFN2O4. The highest BCUT2D eigenvalue weighted by Gasteiger charge is 2.11. The van der Waals surface area contributed by atoms with Gasteiger partial charge in [-0.25, -0.2) is 4.39 Å². The second-order valence-corrected chi connectivity index (χ2v) is 6.31. The lowest BCUT2D eigenvalue weighted by Gasteiger charge is -2.12. The first kappa shape index (κ1) is 19.7. The Morgan fingerprint density at radius 1 is 1.12 bits per heavy atom. The Morgan fingerprint density at radius 3 is 2.54 bits per heavy atom. The van der Waals surface area contributed by atoms with Crippen LogP contribution in [-0.4, -0.2) is 32.1 Å². The highest BCUT2D eigenvalue weighted by atomic mass is 79.9. The van der Waals surface area contributed by atoms with Crippen LogP contribution in [0.3, 0.4) is 0 Å². The molecule has 8 heteroatoms. The lowest BCUT2D eigenvalue weighted by molar-refractivity contribution is -0.125. The number of methoxy groups -OCH3 is 1. The van der Waals surface area contributed by atoms with Crippen LogP contribution in [-0.2, 0) is 9.59 Å². The molecule has 0 aliphatic heterocycles. The summed E-state index contributed by atoms with van der Waals surface area (Å²) in [7, 11) is 1.50. The second-order valence-electron chi connectivity index (χ2n) is 5.39. The molecule has 0 atom stereocenters. The molecule has 2 rings (SSSR count). The van der Waals surface area contributed by atoms with E-state index in [1.807, 2.05) is 13.0 Å². The predicted molar refractivity (Wildman–Crippen MR) is 99.0 cm³/mol. The minimum absolute atomic E-state index is 0.0442. The number of halogens is 2. The number of carbonyl (C=O) groups excluding carboxylic acids is 2. The van der Waals surface area contributed by atoms with Gasteiger partial charge in [0.05, 0.1) is 19.3 Å². The van der Waals surface area contributed by atoms with Crippen molar-refractivity contribution >= 4 is 33.4 Å². The van der Waals surface area contributed by atoms with Gasteiger partial charge in [-0.3, -0.25) is 9.59 Å². The first-order chi connectivity index (χ1) is 12.4. The van der Waals surface area contributed by atoms with E-state index < -0.39 is 24.2 Å². The average Bonchev–Trinajstić information content (AvgIpc) is 2.59. The number of anilines is 1. The van der Waals surface area contributed by atoms with Gasteiger partial charge in [-0.05, 0) is 42.8 Å². The van der Waals surface area contributed by atoms with Crippen LogP contribution < -0.4 is 20.1 Å². The number of rotatable bonds is 7. The lowest BCUT2D eigenvalue weighted by Crippen LogP contribution is -2.35. The maximum Gasteiger partial charge on any atom is 0.258 e. The van der Waals surface area contributed by atoms with E-state index in [1.165, 1.54) is 19.2 Å². The molecule has 2 amide bonds. The molecule has 0 saturated carbocycles. The van der Waals surface area contributed by atoms with Gasteiger partial charge in [0.25, 0.3) is 5.91 Å². The Labute approximate surface area is 158 Å². The van der Waals surface area contributed by atoms with E-state index in [1.54, 1.807) is 18.2 Å². The monoisotopic (exact) mass is 424 g/mol. The number of amides is 2. The van der Waals surface area contributed by atoms with Crippen molar-refractivity contribution in [3.63, 3.8) is 0 Å². The molecule has 0 radical (unpaired) electrons. The Hall–Kier alpha value is -2.61. The van der Waals surface area contributed by atoms with Gasteiger partial charge >= 0.3 is 0 Å². The van der Waals surface area contributed by atoms with Crippen molar-refractivity contribution in [2.45, 2.75) is 6.92 Å². The molecule has 0 heterocycles. The van der Waals surface area contributed by atoms with Crippen LogP contribution >= 0.6 is 15.9 Å². The topological polar surface area (TPSA) is 76.7 Å². The molecular weight excluding hydrogens is 407 g/mol. The first-order valence-electron chi connectivity index (χ1n) is 7.68. The van der Waals surface area contributed by atoms with Crippen LogP contribution in [0.25, 0.3) is 0 Å². The van der Waals surface area contributed by atoms with Gasteiger partial charge in [-0.2, -0.15) is 0 Å². The zero-order valence-electron chi connectivity index (χ0n) is 14.3. The van der Waals surface area contributed by atoms with Gasteiger partial charge in [0.2, 0.25) is 5.91 Å². The van der Waals surface area contributed by atoms with Crippen LogP contribution in [0.15, 0.2) is 40.9 Å². The van der Waals surface area contributed by atoms with Gasteiger partial charge in [-0.1, -0.05) is 22.0 Å². The molecule has 0 bridgehead atoms. The van der Waals surface area contributed by atoms with Crippen molar-refractivity contribution < 1.29 is 23.5 Å². The summed E-state index contributed by atoms with van der Waals surface area (Å²) >= 11 is 3.13. The molecule has 6 nitrogen and oxygen atoms in total. The molecule has 0 aliphatic rings. The summed E-state index contributed by atoms with van der Waals surface area (Å²) in [5.74, 6) is -1.08. The minimum Gasteiger partial charge on any atom is -0.495 e. The molecule has 0 spiro atoms. The number of hydrogen-bond donors (Lipinski definition) is 2. The van der Waals surface area contributed by atoms with Crippen LogP contribution in [0, 0.1) is 12.7 Å². The summed E-state index contributed by atoms with van der Waals surface area (Å²) in [5, 5.41) is 5.07. The number of ether oxygens (including phenoxy) is 2. The molecule has 2 aromatic rings. The summed E-state index contributed by atoms with van der Waals surface area (Å²) in [6, 6.07) is 9.59. The molecule has 0 aromatic heterocycles. The van der Waals surface area contributed by atoms with E-state index in [0.717, 1.165) is 5.56 Å². The third-order valence-corrected chi connectivity index (χ3v) is 3.82. The quantitative estimate of drug-likeness (QED) is 0.715. The largest absolute Gasteiger partial charge is 0.495 e. The minimum atomic E-state index is -0.587. The summed E-state index contributed by atoms with van der Waals surface area (Å²) in [6.45, 7) is 1.23. The van der Waals surface area contributed by atoms with E-state index >= 15 is 0 Å². The molecule has 2 N–H and O–H groups in total. The van der Waals surface area contributed by atoms with E-state index in [2.05, 4.69) is 26.6 Å². The van der Waals surface area contributed by atoms with Crippen molar-refractivity contribution in [3.8, 4) is 11.5 Å². The average molecular weight is 425 g/mol. The highest BCUT2D eigenvalue weighted by Crippen LogP contribution is 2.25. The molecule has 0 saturated heterocycles. The molecule has 2 aromatic carbocycles. The zero-order chi connectivity index (χ0) is 19.1. The zero-order valence-corrected chi connectivity index (χ0v) is 15.9. The molecule has 138 valence electrons. The van der Waals surface area contributed by atoms with Crippen molar-refractivity contribution in [1.29, 1.82) is 0 Å². The fourth-order valence-electron chi connectivity index (χ4n) is 2.08. The number of nitrogens with one attached hydrogen (secondary N) is 2. The highest BCUT2D eigenvalue weighted by molar-refractivity contribution is 9.10. The van der Waals surface area contributed by atoms with Crippen LogP contribution in [0.2, 0.25) is 0 Å². The maximum atomic E-state index is 13.6.